The standard InChI is InChI=1S/C14H21FN4/c1-18-4-6-19(7-5-18)14-11(8-12(15)10-17-14)9-16-13-2-3-13/h8,10,13,16H,2-7,9H2,1H3. The zero-order valence-corrected chi connectivity index (χ0v) is 11.4. The summed E-state index contributed by atoms with van der Waals surface area (Å²) >= 11 is 0. The molecular formula is C14H21FN4. The van der Waals surface area contributed by atoms with Crippen LogP contribution < -0.4 is 10.2 Å². The molecule has 104 valence electrons. The van der Waals surface area contributed by atoms with E-state index in [2.05, 4.69) is 27.1 Å². The van der Waals surface area contributed by atoms with Crippen LogP contribution in [0.5, 0.6) is 0 Å². The second-order valence-electron chi connectivity index (χ2n) is 5.58. The van der Waals surface area contributed by atoms with Crippen LogP contribution >= 0.6 is 0 Å². The highest BCUT2D eigenvalue weighted by atomic mass is 19.1. The van der Waals surface area contributed by atoms with Crippen molar-refractivity contribution >= 4 is 5.82 Å². The average Bonchev–Trinajstić information content (AvgIpc) is 3.22. The van der Waals surface area contributed by atoms with Crippen molar-refractivity contribution in [1.82, 2.24) is 15.2 Å². The van der Waals surface area contributed by atoms with E-state index >= 15 is 0 Å². The van der Waals surface area contributed by atoms with E-state index in [0.717, 1.165) is 44.1 Å². The minimum Gasteiger partial charge on any atom is -0.354 e. The molecule has 0 amide bonds. The lowest BCUT2D eigenvalue weighted by Gasteiger charge is -2.34. The van der Waals surface area contributed by atoms with Crippen LogP contribution in [0.2, 0.25) is 0 Å². The third kappa shape index (κ3) is 3.22. The van der Waals surface area contributed by atoms with Crippen molar-refractivity contribution in [3.8, 4) is 0 Å². The van der Waals surface area contributed by atoms with Crippen LogP contribution in [0.15, 0.2) is 12.3 Å². The Bertz CT molecular complexity index is 439. The second-order valence-corrected chi connectivity index (χ2v) is 5.58. The van der Waals surface area contributed by atoms with Crippen LogP contribution in [0.3, 0.4) is 0 Å². The highest BCUT2D eigenvalue weighted by Gasteiger charge is 2.22. The van der Waals surface area contributed by atoms with Crippen LogP contribution in [-0.4, -0.2) is 49.2 Å². The van der Waals surface area contributed by atoms with Crippen LogP contribution in [-0.2, 0) is 6.54 Å². The van der Waals surface area contributed by atoms with E-state index in [4.69, 9.17) is 0 Å². The summed E-state index contributed by atoms with van der Waals surface area (Å²) in [4.78, 5) is 8.89. The number of hydrogen-bond acceptors (Lipinski definition) is 4. The number of piperazine rings is 1. The van der Waals surface area contributed by atoms with Crippen LogP contribution in [0.4, 0.5) is 10.2 Å². The molecule has 0 bridgehead atoms. The Morgan fingerprint density at radius 2 is 2.05 bits per heavy atom. The molecule has 2 aliphatic rings. The molecule has 5 heteroatoms. The van der Waals surface area contributed by atoms with Gasteiger partial charge < -0.3 is 15.1 Å². The van der Waals surface area contributed by atoms with Gasteiger partial charge in [-0.2, -0.15) is 0 Å². The molecule has 4 nitrogen and oxygen atoms in total. The van der Waals surface area contributed by atoms with E-state index in [1.165, 1.54) is 19.0 Å². The van der Waals surface area contributed by atoms with Gasteiger partial charge in [-0.3, -0.25) is 0 Å². The predicted molar refractivity (Wildman–Crippen MR) is 73.8 cm³/mol. The molecule has 2 fully saturated rings. The molecule has 3 rings (SSSR count). The van der Waals surface area contributed by atoms with E-state index in [0.29, 0.717) is 6.04 Å². The van der Waals surface area contributed by atoms with Crippen molar-refractivity contribution in [2.75, 3.05) is 38.1 Å². The Labute approximate surface area is 113 Å². The first-order chi connectivity index (χ1) is 9.22. The summed E-state index contributed by atoms with van der Waals surface area (Å²) in [5, 5.41) is 3.44. The quantitative estimate of drug-likeness (QED) is 0.886. The zero-order chi connectivity index (χ0) is 13.2. The van der Waals surface area contributed by atoms with E-state index in [1.54, 1.807) is 6.07 Å². The van der Waals surface area contributed by atoms with Crippen molar-refractivity contribution in [3.05, 3.63) is 23.6 Å². The zero-order valence-electron chi connectivity index (χ0n) is 11.4. The highest BCUT2D eigenvalue weighted by Crippen LogP contribution is 2.23. The number of halogens is 1. The SMILES string of the molecule is CN1CCN(c2ncc(F)cc2CNC2CC2)CC1. The molecule has 0 spiro atoms. The number of rotatable bonds is 4. The lowest BCUT2D eigenvalue weighted by molar-refractivity contribution is 0.311. The van der Waals surface area contributed by atoms with Gasteiger partial charge in [0.1, 0.15) is 11.6 Å². The molecule has 2 heterocycles. The van der Waals surface area contributed by atoms with Gasteiger partial charge in [0.25, 0.3) is 0 Å². The van der Waals surface area contributed by atoms with Gasteiger partial charge in [-0.25, -0.2) is 9.37 Å². The lowest BCUT2D eigenvalue weighted by atomic mass is 10.2. The summed E-state index contributed by atoms with van der Waals surface area (Å²) in [6.07, 6.45) is 3.81. The largest absolute Gasteiger partial charge is 0.354 e. The van der Waals surface area contributed by atoms with Crippen LogP contribution in [0.25, 0.3) is 0 Å². The van der Waals surface area contributed by atoms with Crippen molar-refractivity contribution in [1.29, 1.82) is 0 Å². The molecule has 1 saturated heterocycles. The highest BCUT2D eigenvalue weighted by molar-refractivity contribution is 5.47. The Kier molecular flexibility index (Phi) is 3.66. The maximum absolute atomic E-state index is 13.4. The third-order valence-electron chi connectivity index (χ3n) is 3.87. The molecule has 0 aromatic carbocycles. The topological polar surface area (TPSA) is 31.4 Å². The molecule has 0 radical (unpaired) electrons. The number of hydrogen-bond donors (Lipinski definition) is 1. The number of likely N-dealkylation sites (N-methyl/N-ethyl adjacent to an activating group) is 1. The number of pyridine rings is 1. The summed E-state index contributed by atoms with van der Waals surface area (Å²) in [7, 11) is 2.13. The van der Waals surface area contributed by atoms with Crippen LogP contribution in [0.1, 0.15) is 18.4 Å². The maximum Gasteiger partial charge on any atom is 0.141 e. The van der Waals surface area contributed by atoms with Crippen LogP contribution in [0, 0.1) is 5.82 Å². The van der Waals surface area contributed by atoms with Gasteiger partial charge in [0.15, 0.2) is 0 Å². The second kappa shape index (κ2) is 5.43. The van der Waals surface area contributed by atoms with Gasteiger partial charge in [-0.1, -0.05) is 0 Å². The monoisotopic (exact) mass is 264 g/mol. The van der Waals surface area contributed by atoms with Crippen molar-refractivity contribution in [3.63, 3.8) is 0 Å². The predicted octanol–water partition coefficient (Wildman–Crippen LogP) is 1.22. The van der Waals surface area contributed by atoms with E-state index in [9.17, 15) is 4.39 Å². The Morgan fingerprint density at radius 3 is 2.74 bits per heavy atom. The summed E-state index contributed by atoms with van der Waals surface area (Å²) in [6, 6.07) is 2.25. The fraction of sp³-hybridized carbons (Fsp3) is 0.643. The normalized spacial score (nSPS) is 20.8. The molecule has 1 N–H and O–H groups in total. The minimum absolute atomic E-state index is 0.245. The number of nitrogens with one attached hydrogen (secondary N) is 1. The molecule has 1 aliphatic heterocycles. The molecule has 1 aliphatic carbocycles. The molecule has 1 aromatic heterocycles. The Balaban J connectivity index is 1.74. The fourth-order valence-electron chi connectivity index (χ4n) is 2.45. The van der Waals surface area contributed by atoms with Gasteiger partial charge in [0.2, 0.25) is 0 Å². The summed E-state index contributed by atoms with van der Waals surface area (Å²) < 4.78 is 13.4. The average molecular weight is 264 g/mol. The Morgan fingerprint density at radius 1 is 1.32 bits per heavy atom. The van der Waals surface area contributed by atoms with Crippen molar-refractivity contribution < 1.29 is 4.39 Å². The number of aromatic nitrogens is 1. The van der Waals surface area contributed by atoms with Gasteiger partial charge >= 0.3 is 0 Å². The summed E-state index contributed by atoms with van der Waals surface area (Å²) in [6.45, 7) is 4.72. The number of anilines is 1. The van der Waals surface area contributed by atoms with E-state index in [1.807, 2.05) is 0 Å². The summed E-state index contributed by atoms with van der Waals surface area (Å²) in [5.74, 6) is 0.702. The first-order valence-electron chi connectivity index (χ1n) is 7.03. The van der Waals surface area contributed by atoms with Gasteiger partial charge in [0, 0.05) is 44.3 Å². The lowest BCUT2D eigenvalue weighted by Crippen LogP contribution is -2.45. The summed E-state index contributed by atoms with van der Waals surface area (Å²) in [5.41, 5.74) is 0.983. The van der Waals surface area contributed by atoms with Gasteiger partial charge in [0.05, 0.1) is 6.20 Å². The maximum atomic E-state index is 13.4. The van der Waals surface area contributed by atoms with Gasteiger partial charge in [-0.15, -0.1) is 0 Å². The van der Waals surface area contributed by atoms with Crippen molar-refractivity contribution in [2.24, 2.45) is 0 Å². The molecule has 1 aromatic rings. The van der Waals surface area contributed by atoms with E-state index in [-0.39, 0.29) is 5.82 Å². The smallest absolute Gasteiger partial charge is 0.141 e. The van der Waals surface area contributed by atoms with E-state index < -0.39 is 0 Å². The molecule has 0 unspecified atom stereocenters. The molecule has 19 heavy (non-hydrogen) atoms. The minimum atomic E-state index is -0.245. The molecular weight excluding hydrogens is 243 g/mol. The first kappa shape index (κ1) is 12.8. The van der Waals surface area contributed by atoms with Gasteiger partial charge in [-0.05, 0) is 26.0 Å². The third-order valence-corrected chi connectivity index (χ3v) is 3.87. The first-order valence-corrected chi connectivity index (χ1v) is 7.03. The number of nitrogens with zero attached hydrogens (tertiary/aromatic N) is 3. The van der Waals surface area contributed by atoms with Crippen molar-refractivity contribution in [2.45, 2.75) is 25.4 Å². The molecule has 1 saturated carbocycles. The Hall–Kier alpha value is -1.20. The fourth-order valence-corrected chi connectivity index (χ4v) is 2.45. The molecule has 0 atom stereocenters.